The average molecular weight is 598 g/mol. The smallest absolute Gasteiger partial charge is 0.354 e. The predicted molar refractivity (Wildman–Crippen MR) is 156 cm³/mol. The highest BCUT2D eigenvalue weighted by Crippen LogP contribution is 2.45. The number of aromatic nitrogens is 3. The van der Waals surface area contributed by atoms with Crippen molar-refractivity contribution in [1.82, 2.24) is 19.4 Å². The Morgan fingerprint density at radius 3 is 2.59 bits per heavy atom. The number of carbonyl (C=O) groups is 1. The predicted octanol–water partition coefficient (Wildman–Crippen LogP) is 5.75. The summed E-state index contributed by atoms with van der Waals surface area (Å²) >= 11 is 0. The number of nitriles is 1. The van der Waals surface area contributed by atoms with Gasteiger partial charge in [0.25, 0.3) is 0 Å². The molecule has 3 aliphatic rings. The number of benzene rings is 2. The third-order valence-electron chi connectivity index (χ3n) is 8.74. The van der Waals surface area contributed by atoms with Gasteiger partial charge in [0, 0.05) is 12.2 Å². The maximum absolute atomic E-state index is 15.3. The summed E-state index contributed by atoms with van der Waals surface area (Å²) in [6.45, 7) is 3.36. The summed E-state index contributed by atoms with van der Waals surface area (Å²) in [4.78, 5) is 23.1. The molecule has 1 N–H and O–H groups in total. The van der Waals surface area contributed by atoms with Crippen LogP contribution in [0.5, 0.6) is 5.75 Å². The number of likely N-dealkylation sites (tertiary alicyclic amines) is 1. The van der Waals surface area contributed by atoms with E-state index in [9.17, 15) is 14.3 Å². The number of piperidine rings is 1. The van der Waals surface area contributed by atoms with Crippen LogP contribution in [0.2, 0.25) is 0 Å². The van der Waals surface area contributed by atoms with Crippen molar-refractivity contribution < 1.29 is 28.2 Å². The molecule has 4 aromatic rings. The lowest BCUT2D eigenvalue weighted by Gasteiger charge is -2.34. The molecule has 0 saturated carbocycles. The summed E-state index contributed by atoms with van der Waals surface area (Å²) < 4.78 is 44.0. The monoisotopic (exact) mass is 597 g/mol. The van der Waals surface area contributed by atoms with Gasteiger partial charge in [0.1, 0.15) is 34.8 Å². The summed E-state index contributed by atoms with van der Waals surface area (Å²) in [5.41, 5.74) is 2.78. The molecule has 1 unspecified atom stereocenters. The lowest BCUT2D eigenvalue weighted by atomic mass is 9.86. The topological polar surface area (TPSA) is 114 Å². The molecule has 2 aromatic carbocycles. The maximum atomic E-state index is 15.3. The number of rotatable bonds is 7. The lowest BCUT2D eigenvalue weighted by Crippen LogP contribution is -2.35. The van der Waals surface area contributed by atoms with E-state index in [-0.39, 0.29) is 28.8 Å². The second-order valence-corrected chi connectivity index (χ2v) is 11.4. The van der Waals surface area contributed by atoms with Crippen LogP contribution in [-0.4, -0.2) is 56.3 Å². The van der Waals surface area contributed by atoms with Gasteiger partial charge in [-0.15, -0.1) is 0 Å². The average Bonchev–Trinajstić information content (AvgIpc) is 3.34. The molecule has 9 nitrogen and oxygen atoms in total. The molecule has 0 amide bonds. The van der Waals surface area contributed by atoms with Gasteiger partial charge in [-0.2, -0.15) is 5.26 Å². The zero-order valence-electron chi connectivity index (χ0n) is 23.7. The number of hydrogen-bond acceptors (Lipinski definition) is 7. The highest BCUT2D eigenvalue weighted by atomic mass is 19.1. The Hall–Kier alpha value is -4.66. The van der Waals surface area contributed by atoms with Crippen molar-refractivity contribution in [3.8, 4) is 11.8 Å². The first-order valence-corrected chi connectivity index (χ1v) is 14.7. The molecule has 2 saturated heterocycles. The molecule has 44 heavy (non-hydrogen) atoms. The first-order chi connectivity index (χ1) is 21.4. The number of halogens is 2. The number of fused-ring (bicyclic) bond motifs is 2. The molecule has 2 atom stereocenters. The number of ether oxygens (including phenoxy) is 2. The Morgan fingerprint density at radius 2 is 1.89 bits per heavy atom. The van der Waals surface area contributed by atoms with Crippen molar-refractivity contribution in [2.24, 2.45) is 0 Å². The Balaban J connectivity index is 1.09. The first-order valence-electron chi connectivity index (χ1n) is 14.7. The van der Waals surface area contributed by atoms with Gasteiger partial charge in [-0.1, -0.05) is 18.2 Å². The Morgan fingerprint density at radius 1 is 1.07 bits per heavy atom. The second-order valence-electron chi connectivity index (χ2n) is 11.4. The van der Waals surface area contributed by atoms with Crippen molar-refractivity contribution in [2.75, 3.05) is 19.7 Å². The SMILES string of the molecule is N#Cc1ccc(C2C=C(F)c3cccc(C4CCN(Cc5nc6ccc(C(=O)O)nc6n5C[C@@H]5CCO5)CC4)c3O2)c(F)c1. The Labute approximate surface area is 252 Å². The minimum absolute atomic E-state index is 0.0237. The quantitative estimate of drug-likeness (QED) is 0.287. The van der Waals surface area contributed by atoms with Crippen molar-refractivity contribution in [1.29, 1.82) is 5.26 Å². The number of hydrogen-bond donors (Lipinski definition) is 1. The molecule has 0 radical (unpaired) electrons. The van der Waals surface area contributed by atoms with Gasteiger partial charge in [-0.05, 0) is 80.2 Å². The number of nitrogens with zero attached hydrogens (tertiary/aromatic N) is 5. The molecule has 5 heterocycles. The fourth-order valence-corrected chi connectivity index (χ4v) is 6.27. The highest BCUT2D eigenvalue weighted by Gasteiger charge is 2.31. The summed E-state index contributed by atoms with van der Waals surface area (Å²) in [6, 6.07) is 14.6. The molecule has 2 aromatic heterocycles. The zero-order chi connectivity index (χ0) is 30.4. The molecular formula is C33H29F2N5O4. The summed E-state index contributed by atoms with van der Waals surface area (Å²) in [6.07, 6.45) is 2.91. The van der Waals surface area contributed by atoms with Crippen molar-refractivity contribution in [3.05, 3.63) is 94.2 Å². The van der Waals surface area contributed by atoms with E-state index < -0.39 is 23.7 Å². The van der Waals surface area contributed by atoms with E-state index in [1.165, 1.54) is 24.3 Å². The fourth-order valence-electron chi connectivity index (χ4n) is 6.27. The van der Waals surface area contributed by atoms with Crippen molar-refractivity contribution in [3.63, 3.8) is 0 Å². The molecule has 11 heteroatoms. The molecule has 7 rings (SSSR count). The van der Waals surface area contributed by atoms with Crippen molar-refractivity contribution in [2.45, 2.75) is 50.5 Å². The van der Waals surface area contributed by atoms with Crippen LogP contribution < -0.4 is 4.74 Å². The normalized spacial score (nSPS) is 20.3. The fraction of sp³-hybridized carbons (Fsp3) is 0.333. The number of pyridine rings is 1. The summed E-state index contributed by atoms with van der Waals surface area (Å²) in [7, 11) is 0. The van der Waals surface area contributed by atoms with E-state index in [1.807, 2.05) is 22.8 Å². The van der Waals surface area contributed by atoms with Crippen LogP contribution in [0.3, 0.4) is 0 Å². The Bertz CT molecular complexity index is 1840. The minimum Gasteiger partial charge on any atom is -0.480 e. The molecule has 2 fully saturated rings. The molecular weight excluding hydrogens is 568 g/mol. The third-order valence-corrected chi connectivity index (χ3v) is 8.74. The number of aromatic carboxylic acids is 1. The number of carboxylic acid groups (broad SMARTS) is 1. The van der Waals surface area contributed by atoms with Gasteiger partial charge in [0.15, 0.2) is 11.3 Å². The molecule has 0 bridgehead atoms. The largest absolute Gasteiger partial charge is 0.480 e. The van der Waals surface area contributed by atoms with Crippen LogP contribution in [0.25, 0.3) is 17.0 Å². The standard InChI is InChI=1S/C33H29F2N5O4/c34-25-14-19(16-36)4-5-23(25)29-15-26(35)24-3-1-2-22(31(24)44-29)20-8-11-39(12-9-20)18-30-37-27-6-7-28(33(41)42)38-32(27)40(30)17-21-10-13-43-21/h1-7,14-15,20-21,29H,8-13,17-18H2,(H,41,42)/t21-,29?/m0/s1. The summed E-state index contributed by atoms with van der Waals surface area (Å²) in [5.74, 6) is -0.810. The Kier molecular flexibility index (Phi) is 7.32. The number of para-hydroxylation sites is 1. The van der Waals surface area contributed by atoms with Gasteiger partial charge < -0.3 is 19.1 Å². The van der Waals surface area contributed by atoms with E-state index >= 15 is 4.39 Å². The summed E-state index contributed by atoms with van der Waals surface area (Å²) in [5, 5.41) is 18.6. The van der Waals surface area contributed by atoms with E-state index in [0.717, 1.165) is 49.8 Å². The van der Waals surface area contributed by atoms with Crippen LogP contribution in [-0.2, 0) is 17.8 Å². The van der Waals surface area contributed by atoms with E-state index in [4.69, 9.17) is 19.7 Å². The molecule has 3 aliphatic heterocycles. The number of imidazole rings is 1. The van der Waals surface area contributed by atoms with Crippen LogP contribution in [0.1, 0.15) is 69.9 Å². The highest BCUT2D eigenvalue weighted by molar-refractivity contribution is 5.88. The molecule has 0 aliphatic carbocycles. The second kappa shape index (κ2) is 11.4. The van der Waals surface area contributed by atoms with Gasteiger partial charge in [0.2, 0.25) is 0 Å². The third kappa shape index (κ3) is 5.20. The first kappa shape index (κ1) is 28.1. The minimum atomic E-state index is -1.08. The van der Waals surface area contributed by atoms with Crippen LogP contribution in [0.4, 0.5) is 8.78 Å². The van der Waals surface area contributed by atoms with Crippen LogP contribution in [0.15, 0.2) is 54.6 Å². The van der Waals surface area contributed by atoms with E-state index in [1.54, 1.807) is 12.1 Å². The van der Waals surface area contributed by atoms with Gasteiger partial charge in [-0.25, -0.2) is 23.5 Å². The maximum Gasteiger partial charge on any atom is 0.354 e. The van der Waals surface area contributed by atoms with Gasteiger partial charge in [-0.3, -0.25) is 4.90 Å². The molecule has 0 spiro atoms. The number of carboxylic acids is 1. The molecule has 224 valence electrons. The van der Waals surface area contributed by atoms with Crippen molar-refractivity contribution >= 4 is 23.0 Å². The van der Waals surface area contributed by atoms with Gasteiger partial charge in [0.05, 0.1) is 36.4 Å². The van der Waals surface area contributed by atoms with Gasteiger partial charge >= 0.3 is 5.97 Å². The lowest BCUT2D eigenvalue weighted by molar-refractivity contribution is -0.0593. The van der Waals surface area contributed by atoms with Crippen LogP contribution >= 0.6 is 0 Å². The van der Waals surface area contributed by atoms with E-state index in [2.05, 4.69) is 9.88 Å². The van der Waals surface area contributed by atoms with E-state index in [0.29, 0.717) is 42.2 Å². The zero-order valence-corrected chi connectivity index (χ0v) is 23.7. The van der Waals surface area contributed by atoms with Crippen LogP contribution in [0, 0.1) is 17.1 Å².